The standard InChI is InChI=1S/C20H28N6O2S/c1-4-10-25-19(28)23-24-20(25)29-12-17(27)22-18-16(11-21)13(2)14(3)26(18)15-8-6-5-7-9-15/h15H,4-10,12H2,1-3H3,(H,22,27)(H,23,28). The van der Waals surface area contributed by atoms with E-state index >= 15 is 0 Å². The van der Waals surface area contributed by atoms with E-state index in [2.05, 4.69) is 26.2 Å². The summed E-state index contributed by atoms with van der Waals surface area (Å²) in [5.74, 6) is 0.514. The molecule has 0 aromatic carbocycles. The van der Waals surface area contributed by atoms with Gasteiger partial charge < -0.3 is 9.88 Å². The Morgan fingerprint density at radius 3 is 2.72 bits per heavy atom. The first-order chi connectivity index (χ1) is 14.0. The lowest BCUT2D eigenvalue weighted by Gasteiger charge is -2.27. The lowest BCUT2D eigenvalue weighted by atomic mass is 9.95. The molecule has 2 N–H and O–H groups in total. The zero-order valence-corrected chi connectivity index (χ0v) is 18.1. The summed E-state index contributed by atoms with van der Waals surface area (Å²) in [6.45, 7) is 6.49. The van der Waals surface area contributed by atoms with E-state index in [1.165, 1.54) is 35.6 Å². The number of nitriles is 1. The zero-order chi connectivity index (χ0) is 21.0. The van der Waals surface area contributed by atoms with Crippen LogP contribution in [0.2, 0.25) is 0 Å². The predicted octanol–water partition coefficient (Wildman–Crippen LogP) is 3.51. The Hall–Kier alpha value is -2.47. The Labute approximate surface area is 174 Å². The van der Waals surface area contributed by atoms with Gasteiger partial charge in [0.2, 0.25) is 5.91 Å². The van der Waals surface area contributed by atoms with Crippen molar-refractivity contribution < 1.29 is 4.79 Å². The summed E-state index contributed by atoms with van der Waals surface area (Å²) >= 11 is 1.22. The van der Waals surface area contributed by atoms with Crippen LogP contribution in [0.4, 0.5) is 5.82 Å². The molecule has 2 aromatic rings. The van der Waals surface area contributed by atoms with Crippen molar-refractivity contribution in [3.8, 4) is 6.07 Å². The summed E-state index contributed by atoms with van der Waals surface area (Å²) in [6.07, 6.45) is 6.50. The van der Waals surface area contributed by atoms with E-state index in [9.17, 15) is 14.9 Å². The van der Waals surface area contributed by atoms with Crippen molar-refractivity contribution in [2.24, 2.45) is 0 Å². The number of amides is 1. The first kappa shape index (κ1) is 21.2. The second-order valence-corrected chi connectivity index (χ2v) is 8.45. The van der Waals surface area contributed by atoms with Crippen LogP contribution in [0.5, 0.6) is 0 Å². The molecule has 1 saturated carbocycles. The van der Waals surface area contributed by atoms with Crippen LogP contribution in [-0.2, 0) is 11.3 Å². The smallest absolute Gasteiger partial charge is 0.327 e. The van der Waals surface area contributed by atoms with E-state index in [1.54, 1.807) is 0 Å². The minimum absolute atomic E-state index is 0.118. The van der Waals surface area contributed by atoms with E-state index in [4.69, 9.17) is 0 Å². The number of anilines is 1. The number of hydrogen-bond donors (Lipinski definition) is 2. The van der Waals surface area contributed by atoms with Crippen molar-refractivity contribution in [2.45, 2.75) is 77.0 Å². The summed E-state index contributed by atoms with van der Waals surface area (Å²) in [7, 11) is 0. The molecule has 0 radical (unpaired) electrons. The van der Waals surface area contributed by atoms with E-state index in [0.29, 0.717) is 29.1 Å². The SMILES string of the molecule is CCCn1c(SCC(=O)Nc2c(C#N)c(C)c(C)n2C2CCCCC2)n[nH]c1=O. The van der Waals surface area contributed by atoms with Gasteiger partial charge in [-0.15, -0.1) is 5.10 Å². The summed E-state index contributed by atoms with van der Waals surface area (Å²) in [4.78, 5) is 24.5. The maximum atomic E-state index is 12.7. The van der Waals surface area contributed by atoms with Crippen molar-refractivity contribution in [3.05, 3.63) is 27.3 Å². The molecule has 0 unspecified atom stereocenters. The second-order valence-electron chi connectivity index (χ2n) is 7.51. The molecule has 2 heterocycles. The van der Waals surface area contributed by atoms with Gasteiger partial charge in [-0.25, -0.2) is 9.89 Å². The summed E-state index contributed by atoms with van der Waals surface area (Å²) < 4.78 is 3.69. The van der Waals surface area contributed by atoms with E-state index in [-0.39, 0.29) is 17.3 Å². The lowest BCUT2D eigenvalue weighted by Crippen LogP contribution is -2.22. The van der Waals surface area contributed by atoms with Crippen LogP contribution < -0.4 is 11.0 Å². The maximum absolute atomic E-state index is 12.7. The minimum atomic E-state index is -0.265. The Kier molecular flexibility index (Phi) is 6.85. The second kappa shape index (κ2) is 9.35. The molecule has 0 aliphatic heterocycles. The summed E-state index contributed by atoms with van der Waals surface area (Å²) in [5.41, 5.74) is 2.23. The van der Waals surface area contributed by atoms with Gasteiger partial charge in [-0.3, -0.25) is 9.36 Å². The molecule has 8 nitrogen and oxygen atoms in total. The number of nitrogens with one attached hydrogen (secondary N) is 2. The number of hydrogen-bond acceptors (Lipinski definition) is 5. The quantitative estimate of drug-likeness (QED) is 0.672. The van der Waals surface area contributed by atoms with Gasteiger partial charge in [0.1, 0.15) is 11.9 Å². The largest absolute Gasteiger partial charge is 0.343 e. The number of rotatable bonds is 7. The molecule has 0 atom stereocenters. The van der Waals surface area contributed by atoms with Gasteiger partial charge in [0, 0.05) is 18.3 Å². The topological polar surface area (TPSA) is 108 Å². The molecule has 2 aromatic heterocycles. The van der Waals surface area contributed by atoms with Crippen LogP contribution in [0.3, 0.4) is 0 Å². The van der Waals surface area contributed by atoms with Crippen LogP contribution in [-0.4, -0.2) is 31.0 Å². The van der Waals surface area contributed by atoms with Crippen LogP contribution in [0.25, 0.3) is 0 Å². The number of H-pyrrole nitrogens is 1. The van der Waals surface area contributed by atoms with Gasteiger partial charge >= 0.3 is 5.69 Å². The highest BCUT2D eigenvalue weighted by atomic mass is 32.2. The molecule has 3 rings (SSSR count). The van der Waals surface area contributed by atoms with Gasteiger partial charge in [0.25, 0.3) is 0 Å². The summed E-state index contributed by atoms with van der Waals surface area (Å²) in [5, 5.41) is 19.6. The fraction of sp³-hybridized carbons (Fsp3) is 0.600. The van der Waals surface area contributed by atoms with Crippen LogP contribution in [0, 0.1) is 25.2 Å². The van der Waals surface area contributed by atoms with Crippen molar-refractivity contribution >= 4 is 23.5 Å². The first-order valence-corrected chi connectivity index (χ1v) is 11.2. The van der Waals surface area contributed by atoms with Crippen LogP contribution >= 0.6 is 11.8 Å². The fourth-order valence-corrected chi connectivity index (χ4v) is 4.79. The van der Waals surface area contributed by atoms with Crippen molar-refractivity contribution in [1.29, 1.82) is 5.26 Å². The first-order valence-electron chi connectivity index (χ1n) is 10.2. The number of aromatic nitrogens is 4. The summed E-state index contributed by atoms with van der Waals surface area (Å²) in [6, 6.07) is 2.58. The highest BCUT2D eigenvalue weighted by molar-refractivity contribution is 7.99. The number of carbonyl (C=O) groups excluding carboxylic acids is 1. The van der Waals surface area contributed by atoms with Crippen molar-refractivity contribution in [2.75, 3.05) is 11.1 Å². The Morgan fingerprint density at radius 1 is 1.34 bits per heavy atom. The Bertz CT molecular complexity index is 974. The van der Waals surface area contributed by atoms with Gasteiger partial charge in [-0.2, -0.15) is 5.26 Å². The number of aromatic amines is 1. The molecular weight excluding hydrogens is 388 g/mol. The molecule has 0 spiro atoms. The molecule has 156 valence electrons. The molecule has 29 heavy (non-hydrogen) atoms. The number of carbonyl (C=O) groups is 1. The number of thioether (sulfide) groups is 1. The Balaban J connectivity index is 1.79. The highest BCUT2D eigenvalue weighted by Gasteiger charge is 2.26. The van der Waals surface area contributed by atoms with E-state index in [1.807, 2.05) is 20.8 Å². The predicted molar refractivity (Wildman–Crippen MR) is 113 cm³/mol. The highest BCUT2D eigenvalue weighted by Crippen LogP contribution is 2.36. The lowest BCUT2D eigenvalue weighted by molar-refractivity contribution is -0.113. The van der Waals surface area contributed by atoms with Crippen LogP contribution in [0.1, 0.15) is 68.3 Å². The third kappa shape index (κ3) is 4.42. The fourth-order valence-electron chi connectivity index (χ4n) is 4.01. The zero-order valence-electron chi connectivity index (χ0n) is 17.2. The van der Waals surface area contributed by atoms with E-state index in [0.717, 1.165) is 30.5 Å². The molecule has 0 bridgehead atoms. The minimum Gasteiger partial charge on any atom is -0.327 e. The molecule has 9 heteroatoms. The van der Waals surface area contributed by atoms with Gasteiger partial charge in [-0.1, -0.05) is 37.9 Å². The average molecular weight is 417 g/mol. The van der Waals surface area contributed by atoms with E-state index < -0.39 is 0 Å². The van der Waals surface area contributed by atoms with Gasteiger partial charge in [0.05, 0.1) is 11.3 Å². The molecule has 1 fully saturated rings. The van der Waals surface area contributed by atoms with Crippen LogP contribution in [0.15, 0.2) is 9.95 Å². The Morgan fingerprint density at radius 2 is 2.07 bits per heavy atom. The van der Waals surface area contributed by atoms with Crippen molar-refractivity contribution in [1.82, 2.24) is 19.3 Å². The third-order valence-corrected chi connectivity index (χ3v) is 6.55. The third-order valence-electron chi connectivity index (χ3n) is 5.57. The molecule has 0 saturated heterocycles. The monoisotopic (exact) mass is 416 g/mol. The molecule has 1 aliphatic rings. The molecule has 1 amide bonds. The van der Waals surface area contributed by atoms with Gasteiger partial charge in [-0.05, 0) is 38.7 Å². The molecule has 1 aliphatic carbocycles. The average Bonchev–Trinajstić information content (AvgIpc) is 3.18. The normalized spacial score (nSPS) is 14.7. The maximum Gasteiger partial charge on any atom is 0.343 e. The number of nitrogens with zero attached hydrogens (tertiary/aromatic N) is 4. The van der Waals surface area contributed by atoms with Crippen molar-refractivity contribution in [3.63, 3.8) is 0 Å². The van der Waals surface area contributed by atoms with Gasteiger partial charge in [0.15, 0.2) is 5.16 Å². The molecular formula is C20H28N6O2S.